The summed E-state index contributed by atoms with van der Waals surface area (Å²) in [5.74, 6) is -2.36. The van der Waals surface area contributed by atoms with Gasteiger partial charge in [-0.15, -0.1) is 0 Å². The Kier molecular flexibility index (Phi) is 9.98. The van der Waals surface area contributed by atoms with E-state index in [4.69, 9.17) is 0 Å². The summed E-state index contributed by atoms with van der Waals surface area (Å²) in [6, 6.07) is 6.51. The third-order valence-electron chi connectivity index (χ3n) is 8.82. The lowest BCUT2D eigenvalue weighted by molar-refractivity contribution is -0.376. The number of hydrogen-bond donors (Lipinski definition) is 3. The van der Waals surface area contributed by atoms with E-state index in [0.717, 1.165) is 41.1 Å². The third kappa shape index (κ3) is 7.22. The van der Waals surface area contributed by atoms with E-state index < -0.39 is 74.6 Å². The first-order chi connectivity index (χ1) is 22.9. The van der Waals surface area contributed by atoms with Crippen molar-refractivity contribution in [3.8, 4) is 0 Å². The zero-order valence-electron chi connectivity index (χ0n) is 25.6. The number of aliphatic hydroxyl groups is 1. The topological polar surface area (TPSA) is 129 Å². The maximum absolute atomic E-state index is 14.0. The number of sulfonamides is 1. The van der Waals surface area contributed by atoms with Crippen molar-refractivity contribution in [2.75, 3.05) is 9.62 Å². The van der Waals surface area contributed by atoms with E-state index in [2.05, 4.69) is 15.6 Å². The van der Waals surface area contributed by atoms with E-state index in [-0.39, 0.29) is 30.0 Å². The van der Waals surface area contributed by atoms with Crippen molar-refractivity contribution in [2.24, 2.45) is 5.92 Å². The van der Waals surface area contributed by atoms with Crippen LogP contribution in [0.15, 0.2) is 71.9 Å². The molecule has 2 aliphatic rings. The number of aryl methyl sites for hydroxylation is 1. The summed E-state index contributed by atoms with van der Waals surface area (Å²) < 4.78 is 124. The van der Waals surface area contributed by atoms with Crippen molar-refractivity contribution >= 4 is 33.2 Å². The van der Waals surface area contributed by atoms with Crippen LogP contribution in [0.3, 0.4) is 0 Å². The van der Waals surface area contributed by atoms with E-state index in [1.807, 2.05) is 0 Å². The Bertz CT molecular complexity index is 1770. The summed E-state index contributed by atoms with van der Waals surface area (Å²) in [6.45, 7) is 0. The first-order valence-corrected chi connectivity index (χ1v) is 16.7. The van der Waals surface area contributed by atoms with Crippen LogP contribution in [-0.4, -0.2) is 54.8 Å². The SMILES string of the molecule is O=C(C[C@@H]1CCc2cc(C(O)(C(F)(F)F)C(F)(F)F)ccc2N1S(=O)(=O)c1ccc(F)cc1)N[C@H]1CCCC[C@H]1C(=O)Nc1ccncc1. The number of carbonyl (C=O) groups is 2. The number of nitrogens with zero attached hydrogens (tertiary/aromatic N) is 2. The van der Waals surface area contributed by atoms with Gasteiger partial charge in [0, 0.05) is 36.1 Å². The number of carbonyl (C=O) groups excluding carboxylic acids is 2. The van der Waals surface area contributed by atoms with Crippen molar-refractivity contribution in [1.82, 2.24) is 10.3 Å². The molecule has 0 bridgehead atoms. The number of pyridine rings is 1. The van der Waals surface area contributed by atoms with Gasteiger partial charge in [0.2, 0.25) is 11.8 Å². The Balaban J connectivity index is 1.45. The van der Waals surface area contributed by atoms with E-state index in [0.29, 0.717) is 37.1 Å². The minimum Gasteiger partial charge on any atom is -0.369 e. The molecular formula is C32H31F7N4O5S. The van der Waals surface area contributed by atoms with E-state index in [9.17, 15) is 53.8 Å². The van der Waals surface area contributed by atoms with E-state index >= 15 is 0 Å². The van der Waals surface area contributed by atoms with Gasteiger partial charge in [-0.05, 0) is 73.7 Å². The van der Waals surface area contributed by atoms with Crippen LogP contribution in [0.2, 0.25) is 0 Å². The highest BCUT2D eigenvalue weighted by molar-refractivity contribution is 7.92. The molecule has 1 aromatic heterocycles. The Morgan fingerprint density at radius 1 is 0.898 bits per heavy atom. The predicted octanol–water partition coefficient (Wildman–Crippen LogP) is 5.75. The van der Waals surface area contributed by atoms with Crippen LogP contribution in [-0.2, 0) is 31.6 Å². The Morgan fingerprint density at radius 3 is 2.16 bits per heavy atom. The average molecular weight is 717 g/mol. The highest BCUT2D eigenvalue weighted by atomic mass is 32.2. The van der Waals surface area contributed by atoms with Crippen LogP contribution in [0.25, 0.3) is 0 Å². The van der Waals surface area contributed by atoms with Crippen LogP contribution in [0.1, 0.15) is 49.7 Å². The average Bonchev–Trinajstić information content (AvgIpc) is 3.03. The standard InChI is InChI=1S/C32H31F7N4O5S/c33-21-7-10-24(11-8-21)49(47,48)43-23(9-5-19-17-20(6-12-27(19)43)30(46,31(34,35)36)32(37,38)39)18-28(44)42-26-4-2-1-3-25(26)29(45)41-22-13-15-40-16-14-22/h6-8,10-17,23,25-26,46H,1-5,9,18H2,(H,42,44)(H,40,41,45)/t23-,25+,26-/m0/s1. The second-order valence-corrected chi connectivity index (χ2v) is 13.8. The number of hydrogen-bond acceptors (Lipinski definition) is 6. The number of halogens is 7. The largest absolute Gasteiger partial charge is 0.430 e. The quantitative estimate of drug-likeness (QED) is 0.255. The van der Waals surface area contributed by atoms with Gasteiger partial charge in [-0.25, -0.2) is 12.8 Å². The highest BCUT2D eigenvalue weighted by Gasteiger charge is 2.71. The number of aromatic nitrogens is 1. The minimum absolute atomic E-state index is 0.211. The number of alkyl halides is 6. The molecule has 0 radical (unpaired) electrons. The first-order valence-electron chi connectivity index (χ1n) is 15.2. The van der Waals surface area contributed by atoms with Crippen molar-refractivity contribution in [2.45, 2.75) is 79.9 Å². The monoisotopic (exact) mass is 716 g/mol. The van der Waals surface area contributed by atoms with Crippen LogP contribution in [0.4, 0.5) is 42.1 Å². The summed E-state index contributed by atoms with van der Waals surface area (Å²) in [7, 11) is -4.67. The number of amides is 2. The normalized spacial score (nSPS) is 20.3. The molecule has 1 saturated carbocycles. The second-order valence-electron chi connectivity index (χ2n) is 12.0. The molecule has 1 fully saturated rings. The summed E-state index contributed by atoms with van der Waals surface area (Å²) in [5.41, 5.74) is -6.87. The Hall–Kier alpha value is -4.25. The molecular weight excluding hydrogens is 685 g/mol. The molecule has 0 spiro atoms. The van der Waals surface area contributed by atoms with Gasteiger partial charge >= 0.3 is 12.4 Å². The fourth-order valence-corrected chi connectivity index (χ4v) is 8.06. The summed E-state index contributed by atoms with van der Waals surface area (Å²) in [4.78, 5) is 30.0. The van der Waals surface area contributed by atoms with Gasteiger partial charge in [0.15, 0.2) is 0 Å². The maximum Gasteiger partial charge on any atom is 0.430 e. The lowest BCUT2D eigenvalue weighted by atomic mass is 9.83. The summed E-state index contributed by atoms with van der Waals surface area (Å²) in [5, 5.41) is 15.6. The summed E-state index contributed by atoms with van der Waals surface area (Å²) in [6.07, 6.45) is -7.92. The van der Waals surface area contributed by atoms with Crippen molar-refractivity contribution < 1.29 is 53.8 Å². The van der Waals surface area contributed by atoms with Gasteiger partial charge in [0.25, 0.3) is 15.6 Å². The molecule has 2 aromatic carbocycles. The Morgan fingerprint density at radius 2 is 1.53 bits per heavy atom. The van der Waals surface area contributed by atoms with Gasteiger partial charge in [-0.3, -0.25) is 18.9 Å². The number of anilines is 2. The van der Waals surface area contributed by atoms with Gasteiger partial charge in [0.1, 0.15) is 5.82 Å². The molecule has 1 aliphatic carbocycles. The molecule has 3 N–H and O–H groups in total. The second kappa shape index (κ2) is 13.6. The molecule has 2 amide bonds. The number of benzene rings is 2. The molecule has 0 saturated heterocycles. The molecule has 17 heteroatoms. The molecule has 1 aliphatic heterocycles. The van der Waals surface area contributed by atoms with Crippen LogP contribution < -0.4 is 14.9 Å². The van der Waals surface area contributed by atoms with Gasteiger partial charge in [0.05, 0.1) is 22.5 Å². The third-order valence-corrected chi connectivity index (χ3v) is 10.7. The first kappa shape index (κ1) is 36.0. The molecule has 5 rings (SSSR count). The van der Waals surface area contributed by atoms with Crippen LogP contribution >= 0.6 is 0 Å². The number of fused-ring (bicyclic) bond motifs is 1. The Labute approximate surface area is 276 Å². The van der Waals surface area contributed by atoms with Crippen molar-refractivity contribution in [3.63, 3.8) is 0 Å². The lowest BCUT2D eigenvalue weighted by Gasteiger charge is -2.39. The zero-order valence-corrected chi connectivity index (χ0v) is 26.4. The maximum atomic E-state index is 14.0. The fraction of sp³-hybridized carbons (Fsp3) is 0.406. The summed E-state index contributed by atoms with van der Waals surface area (Å²) >= 11 is 0. The van der Waals surface area contributed by atoms with Crippen molar-refractivity contribution in [1.29, 1.82) is 0 Å². The number of rotatable bonds is 8. The lowest BCUT2D eigenvalue weighted by Crippen LogP contribution is -2.54. The predicted molar refractivity (Wildman–Crippen MR) is 162 cm³/mol. The smallest absolute Gasteiger partial charge is 0.369 e. The van der Waals surface area contributed by atoms with Crippen molar-refractivity contribution in [3.05, 3.63) is 83.9 Å². The zero-order chi connectivity index (χ0) is 35.8. The van der Waals surface area contributed by atoms with E-state index in [1.165, 1.54) is 12.4 Å². The highest BCUT2D eigenvalue weighted by Crippen LogP contribution is 2.51. The fourth-order valence-electron chi connectivity index (χ4n) is 6.35. The minimum atomic E-state index is -6.17. The van der Waals surface area contributed by atoms with Gasteiger partial charge < -0.3 is 15.7 Å². The molecule has 9 nitrogen and oxygen atoms in total. The van der Waals surface area contributed by atoms with E-state index in [1.54, 1.807) is 12.1 Å². The van der Waals surface area contributed by atoms with Crippen LogP contribution in [0.5, 0.6) is 0 Å². The molecule has 49 heavy (non-hydrogen) atoms. The van der Waals surface area contributed by atoms with Gasteiger partial charge in [-0.2, -0.15) is 26.3 Å². The molecule has 2 heterocycles. The molecule has 3 atom stereocenters. The number of nitrogens with one attached hydrogen (secondary N) is 2. The molecule has 264 valence electrons. The molecule has 3 aromatic rings. The van der Waals surface area contributed by atoms with Crippen LogP contribution in [0, 0.1) is 11.7 Å². The molecule has 0 unspecified atom stereocenters. The van der Waals surface area contributed by atoms with Gasteiger partial charge in [-0.1, -0.05) is 25.0 Å².